The van der Waals surface area contributed by atoms with Crippen LogP contribution in [-0.4, -0.2) is 42.3 Å². The lowest BCUT2D eigenvalue weighted by atomic mass is 10.2. The molecule has 1 rings (SSSR count). The van der Waals surface area contributed by atoms with E-state index < -0.39 is 24.0 Å². The molecular weight excluding hydrogens is 304 g/mol. The standard InChI is InChI=1S/C16H16O7/c1-3-14(17)22-10-13(23-15(18)4-2)9-21-12-7-5-11(6-8-12)16(19)20/h3-8,13H,1-2,9-10H2,(H,19,20). The van der Waals surface area contributed by atoms with E-state index in [0.717, 1.165) is 12.2 Å². The quantitative estimate of drug-likeness (QED) is 0.545. The highest BCUT2D eigenvalue weighted by Crippen LogP contribution is 2.13. The number of carboxylic acids is 1. The van der Waals surface area contributed by atoms with Gasteiger partial charge in [0.05, 0.1) is 5.56 Å². The summed E-state index contributed by atoms with van der Waals surface area (Å²) in [6, 6.07) is 5.68. The molecule has 0 aliphatic heterocycles. The van der Waals surface area contributed by atoms with E-state index in [-0.39, 0.29) is 18.8 Å². The highest BCUT2D eigenvalue weighted by Gasteiger charge is 2.16. The lowest BCUT2D eigenvalue weighted by molar-refractivity contribution is -0.154. The van der Waals surface area contributed by atoms with Gasteiger partial charge in [-0.05, 0) is 24.3 Å². The van der Waals surface area contributed by atoms with Crippen molar-refractivity contribution in [3.05, 3.63) is 55.1 Å². The molecule has 0 aromatic heterocycles. The van der Waals surface area contributed by atoms with Gasteiger partial charge in [-0.1, -0.05) is 13.2 Å². The summed E-state index contributed by atoms with van der Waals surface area (Å²) in [5.41, 5.74) is 0.117. The van der Waals surface area contributed by atoms with E-state index in [4.69, 9.17) is 19.3 Å². The second kappa shape index (κ2) is 9.04. The number of carboxylic acid groups (broad SMARTS) is 1. The Morgan fingerprint density at radius 2 is 1.65 bits per heavy atom. The molecule has 1 aromatic rings. The number of carbonyl (C=O) groups excluding carboxylic acids is 2. The highest BCUT2D eigenvalue weighted by atomic mass is 16.6. The molecule has 0 bridgehead atoms. The molecule has 7 heteroatoms. The van der Waals surface area contributed by atoms with Gasteiger partial charge in [0.2, 0.25) is 0 Å². The first-order chi connectivity index (χ1) is 11.0. The molecule has 23 heavy (non-hydrogen) atoms. The van der Waals surface area contributed by atoms with Gasteiger partial charge in [-0.25, -0.2) is 14.4 Å². The van der Waals surface area contributed by atoms with Crippen LogP contribution in [0.2, 0.25) is 0 Å². The molecule has 0 amide bonds. The van der Waals surface area contributed by atoms with E-state index in [2.05, 4.69) is 13.2 Å². The predicted molar refractivity (Wildman–Crippen MR) is 80.1 cm³/mol. The Kier molecular flexibility index (Phi) is 7.06. The van der Waals surface area contributed by atoms with Gasteiger partial charge in [0.15, 0.2) is 6.10 Å². The molecule has 0 radical (unpaired) electrons. The predicted octanol–water partition coefficient (Wildman–Crippen LogP) is 1.59. The van der Waals surface area contributed by atoms with Crippen LogP contribution in [0, 0.1) is 0 Å². The Labute approximate surface area is 132 Å². The summed E-state index contributed by atoms with van der Waals surface area (Å²) in [6.45, 7) is 6.23. The molecule has 0 saturated heterocycles. The smallest absolute Gasteiger partial charge is 0.335 e. The average molecular weight is 320 g/mol. The fraction of sp³-hybridized carbons (Fsp3) is 0.188. The van der Waals surface area contributed by atoms with Crippen LogP contribution in [0.15, 0.2) is 49.6 Å². The summed E-state index contributed by atoms with van der Waals surface area (Å²) in [6.07, 6.45) is 1.12. The highest BCUT2D eigenvalue weighted by molar-refractivity contribution is 5.87. The second-order valence-corrected chi connectivity index (χ2v) is 4.24. The Hall–Kier alpha value is -3.09. The van der Waals surface area contributed by atoms with Crippen LogP contribution >= 0.6 is 0 Å². The summed E-state index contributed by atoms with van der Waals surface area (Å²) in [7, 11) is 0. The molecule has 0 heterocycles. The fourth-order valence-corrected chi connectivity index (χ4v) is 1.45. The number of benzene rings is 1. The summed E-state index contributed by atoms with van der Waals surface area (Å²) in [5, 5.41) is 8.80. The van der Waals surface area contributed by atoms with Gasteiger partial charge in [0, 0.05) is 12.2 Å². The third-order valence-electron chi connectivity index (χ3n) is 2.56. The number of hydrogen-bond donors (Lipinski definition) is 1. The monoisotopic (exact) mass is 320 g/mol. The molecule has 1 atom stereocenters. The molecule has 1 N–H and O–H groups in total. The minimum absolute atomic E-state index is 0.0869. The number of rotatable bonds is 9. The number of esters is 2. The molecular formula is C16H16O7. The van der Waals surface area contributed by atoms with Gasteiger partial charge in [-0.3, -0.25) is 0 Å². The van der Waals surface area contributed by atoms with Crippen molar-refractivity contribution in [3.8, 4) is 5.75 Å². The molecule has 0 aliphatic carbocycles. The largest absolute Gasteiger partial charge is 0.490 e. The maximum atomic E-state index is 11.2. The molecule has 0 spiro atoms. The van der Waals surface area contributed by atoms with E-state index in [1.807, 2.05) is 0 Å². The zero-order valence-corrected chi connectivity index (χ0v) is 12.3. The summed E-state index contributed by atoms with van der Waals surface area (Å²) in [5.74, 6) is -2.01. The fourth-order valence-electron chi connectivity index (χ4n) is 1.45. The molecule has 122 valence electrons. The van der Waals surface area contributed by atoms with E-state index in [1.165, 1.54) is 24.3 Å². The zero-order chi connectivity index (χ0) is 17.2. The average Bonchev–Trinajstić information content (AvgIpc) is 2.56. The van der Waals surface area contributed by atoms with Crippen molar-refractivity contribution < 1.29 is 33.7 Å². The van der Waals surface area contributed by atoms with Crippen LogP contribution in [0.25, 0.3) is 0 Å². The van der Waals surface area contributed by atoms with Gasteiger partial charge in [0.1, 0.15) is 19.0 Å². The van der Waals surface area contributed by atoms with Gasteiger partial charge in [-0.2, -0.15) is 0 Å². The van der Waals surface area contributed by atoms with E-state index in [0.29, 0.717) is 5.75 Å². The molecule has 0 saturated carbocycles. The minimum Gasteiger partial charge on any atom is -0.490 e. The first-order valence-electron chi connectivity index (χ1n) is 6.54. The van der Waals surface area contributed by atoms with Crippen molar-refractivity contribution >= 4 is 17.9 Å². The number of hydrogen-bond acceptors (Lipinski definition) is 6. The lowest BCUT2D eigenvalue weighted by Crippen LogP contribution is -2.30. The van der Waals surface area contributed by atoms with Gasteiger partial charge in [0.25, 0.3) is 0 Å². The molecule has 1 unspecified atom stereocenters. The summed E-state index contributed by atoms with van der Waals surface area (Å²) < 4.78 is 15.2. The van der Waals surface area contributed by atoms with E-state index in [9.17, 15) is 14.4 Å². The van der Waals surface area contributed by atoms with E-state index in [1.54, 1.807) is 0 Å². The Morgan fingerprint density at radius 3 is 2.17 bits per heavy atom. The van der Waals surface area contributed by atoms with Crippen molar-refractivity contribution in [2.45, 2.75) is 6.10 Å². The first-order valence-corrected chi connectivity index (χ1v) is 6.54. The van der Waals surface area contributed by atoms with Crippen LogP contribution in [0.4, 0.5) is 0 Å². The maximum Gasteiger partial charge on any atom is 0.335 e. The third kappa shape index (κ3) is 6.47. The SMILES string of the molecule is C=CC(=O)OCC(COc1ccc(C(=O)O)cc1)OC(=O)C=C. The van der Waals surface area contributed by atoms with Crippen LogP contribution in [0.5, 0.6) is 5.75 Å². The van der Waals surface area contributed by atoms with Crippen molar-refractivity contribution in [3.63, 3.8) is 0 Å². The van der Waals surface area contributed by atoms with E-state index >= 15 is 0 Å². The maximum absolute atomic E-state index is 11.2. The van der Waals surface area contributed by atoms with Crippen molar-refractivity contribution in [2.75, 3.05) is 13.2 Å². The number of ether oxygens (including phenoxy) is 3. The molecule has 0 aliphatic rings. The number of carbonyl (C=O) groups is 3. The number of aromatic carboxylic acids is 1. The van der Waals surface area contributed by atoms with Crippen molar-refractivity contribution in [1.29, 1.82) is 0 Å². The van der Waals surface area contributed by atoms with Gasteiger partial charge < -0.3 is 19.3 Å². The van der Waals surface area contributed by atoms with Crippen LogP contribution in [0.1, 0.15) is 10.4 Å². The molecule has 7 nitrogen and oxygen atoms in total. The summed E-state index contributed by atoms with van der Waals surface area (Å²) >= 11 is 0. The third-order valence-corrected chi connectivity index (χ3v) is 2.56. The van der Waals surface area contributed by atoms with Crippen LogP contribution in [0.3, 0.4) is 0 Å². The van der Waals surface area contributed by atoms with Crippen molar-refractivity contribution in [2.24, 2.45) is 0 Å². The lowest BCUT2D eigenvalue weighted by Gasteiger charge is -2.17. The normalized spacial score (nSPS) is 11.0. The van der Waals surface area contributed by atoms with Crippen molar-refractivity contribution in [1.82, 2.24) is 0 Å². The molecule has 0 fully saturated rings. The molecule has 1 aromatic carbocycles. The second-order valence-electron chi connectivity index (χ2n) is 4.24. The van der Waals surface area contributed by atoms with Crippen LogP contribution < -0.4 is 4.74 Å². The first kappa shape index (κ1) is 18.0. The Morgan fingerprint density at radius 1 is 1.04 bits per heavy atom. The Balaban J connectivity index is 2.62. The Bertz CT molecular complexity index is 589. The topological polar surface area (TPSA) is 99.1 Å². The van der Waals surface area contributed by atoms with Gasteiger partial charge in [-0.15, -0.1) is 0 Å². The van der Waals surface area contributed by atoms with Gasteiger partial charge >= 0.3 is 17.9 Å². The minimum atomic E-state index is -1.05. The van der Waals surface area contributed by atoms with Crippen LogP contribution in [-0.2, 0) is 19.1 Å². The summed E-state index contributed by atoms with van der Waals surface area (Å²) in [4.78, 5) is 33.0. The zero-order valence-electron chi connectivity index (χ0n) is 12.3.